The van der Waals surface area contributed by atoms with Gasteiger partial charge < -0.3 is 14.7 Å². The van der Waals surface area contributed by atoms with Gasteiger partial charge in [-0.1, -0.05) is 12.1 Å². The molecular weight excluding hydrogens is 414 g/mol. The van der Waals surface area contributed by atoms with Gasteiger partial charge in [0.1, 0.15) is 5.75 Å². The largest absolute Gasteiger partial charge is 0.497 e. The second-order valence-corrected chi connectivity index (χ2v) is 10.4. The quantitative estimate of drug-likeness (QED) is 0.735. The van der Waals surface area contributed by atoms with Gasteiger partial charge in [-0.3, -0.25) is 9.21 Å². The predicted molar refractivity (Wildman–Crippen MR) is 124 cm³/mol. The molecule has 2 aromatic rings. The Balaban J connectivity index is 1.36. The number of anilines is 2. The van der Waals surface area contributed by atoms with Gasteiger partial charge in [0, 0.05) is 44.5 Å². The highest BCUT2D eigenvalue weighted by molar-refractivity contribution is 7.92. The van der Waals surface area contributed by atoms with E-state index in [0.29, 0.717) is 13.0 Å². The molecule has 2 aliphatic rings. The van der Waals surface area contributed by atoms with Crippen LogP contribution in [0.2, 0.25) is 0 Å². The number of fused-ring (bicyclic) bond motifs is 1. The first-order valence-electron chi connectivity index (χ1n) is 10.7. The van der Waals surface area contributed by atoms with Crippen molar-refractivity contribution in [3.8, 4) is 5.75 Å². The third kappa shape index (κ3) is 4.66. The summed E-state index contributed by atoms with van der Waals surface area (Å²) in [4.78, 5) is 4.63. The van der Waals surface area contributed by atoms with E-state index in [-0.39, 0.29) is 6.04 Å². The molecule has 2 heterocycles. The van der Waals surface area contributed by atoms with Crippen molar-refractivity contribution in [1.82, 2.24) is 4.90 Å². The zero-order valence-electron chi connectivity index (χ0n) is 18.4. The molecule has 0 aliphatic carbocycles. The molecule has 1 N–H and O–H groups in total. The minimum atomic E-state index is -3.30. The zero-order chi connectivity index (χ0) is 22.2. The standard InChI is InChI=1S/C23H31N3O4S/c1-17-14-19-15-18(4-9-22(19)26(17)31(3,28)29)23(27)16-24-10-12-25(13-11-24)20-5-7-21(30-2)8-6-20/h4-9,15,17,23,27H,10-14,16H2,1-3H3/t17-,23+/m0/s1. The van der Waals surface area contributed by atoms with Gasteiger partial charge in [-0.15, -0.1) is 0 Å². The molecule has 0 radical (unpaired) electrons. The van der Waals surface area contributed by atoms with Gasteiger partial charge in [0.05, 0.1) is 25.2 Å². The molecule has 0 amide bonds. The van der Waals surface area contributed by atoms with Crippen LogP contribution >= 0.6 is 0 Å². The molecule has 0 unspecified atom stereocenters. The summed E-state index contributed by atoms with van der Waals surface area (Å²) in [5.74, 6) is 0.855. The SMILES string of the molecule is COc1ccc(N2CCN(C[C@@H](O)c3ccc4c(c3)C[C@H](C)N4S(C)(=O)=O)CC2)cc1. The molecule has 31 heavy (non-hydrogen) atoms. The number of benzene rings is 2. The highest BCUT2D eigenvalue weighted by Crippen LogP contribution is 2.36. The molecule has 0 bridgehead atoms. The van der Waals surface area contributed by atoms with E-state index in [4.69, 9.17) is 4.74 Å². The minimum Gasteiger partial charge on any atom is -0.497 e. The van der Waals surface area contributed by atoms with Crippen molar-refractivity contribution >= 4 is 21.4 Å². The first-order chi connectivity index (χ1) is 14.8. The van der Waals surface area contributed by atoms with Gasteiger partial charge in [0.15, 0.2) is 0 Å². The van der Waals surface area contributed by atoms with Crippen LogP contribution in [0, 0.1) is 0 Å². The fourth-order valence-electron chi connectivity index (χ4n) is 4.67. The van der Waals surface area contributed by atoms with Gasteiger partial charge in [-0.2, -0.15) is 0 Å². The fourth-order valence-corrected chi connectivity index (χ4v) is 5.93. The molecule has 1 saturated heterocycles. The maximum atomic E-state index is 12.1. The molecule has 1 fully saturated rings. The number of rotatable bonds is 6. The van der Waals surface area contributed by atoms with Crippen molar-refractivity contribution in [2.24, 2.45) is 0 Å². The van der Waals surface area contributed by atoms with Crippen LogP contribution in [-0.2, 0) is 16.4 Å². The number of hydrogen-bond acceptors (Lipinski definition) is 6. The average Bonchev–Trinajstić information content (AvgIpc) is 3.09. The number of aliphatic hydroxyl groups excluding tert-OH is 1. The summed E-state index contributed by atoms with van der Waals surface area (Å²) in [5.41, 5.74) is 3.75. The number of β-amino-alcohol motifs (C(OH)–C–C–N with tert-alkyl or cyclic N) is 1. The molecule has 7 nitrogen and oxygen atoms in total. The predicted octanol–water partition coefficient (Wildman–Crippen LogP) is 2.26. The lowest BCUT2D eigenvalue weighted by Gasteiger charge is -2.37. The van der Waals surface area contributed by atoms with E-state index in [0.717, 1.165) is 48.7 Å². The van der Waals surface area contributed by atoms with Crippen molar-refractivity contribution in [2.75, 3.05) is 55.3 Å². The summed E-state index contributed by atoms with van der Waals surface area (Å²) in [5, 5.41) is 10.8. The smallest absolute Gasteiger partial charge is 0.232 e. The van der Waals surface area contributed by atoms with Crippen LogP contribution < -0.4 is 13.9 Å². The lowest BCUT2D eigenvalue weighted by atomic mass is 10.0. The summed E-state index contributed by atoms with van der Waals surface area (Å²) >= 11 is 0. The second-order valence-electron chi connectivity index (χ2n) is 8.50. The Morgan fingerprint density at radius 2 is 1.77 bits per heavy atom. The normalized spacial score (nSPS) is 20.6. The molecule has 0 saturated carbocycles. The topological polar surface area (TPSA) is 73.3 Å². The molecular formula is C23H31N3O4S. The molecule has 168 valence electrons. The van der Waals surface area contributed by atoms with E-state index in [1.807, 2.05) is 37.3 Å². The summed E-state index contributed by atoms with van der Waals surface area (Å²) < 4.78 is 30.9. The molecule has 2 aliphatic heterocycles. The Morgan fingerprint density at radius 1 is 1.10 bits per heavy atom. The Hall–Kier alpha value is -2.29. The van der Waals surface area contributed by atoms with Gasteiger partial charge in [-0.25, -0.2) is 8.42 Å². The minimum absolute atomic E-state index is 0.0941. The molecule has 4 rings (SSSR count). The summed E-state index contributed by atoms with van der Waals surface area (Å²) in [6, 6.07) is 13.7. The lowest BCUT2D eigenvalue weighted by molar-refractivity contribution is 0.109. The van der Waals surface area contributed by atoms with Crippen LogP contribution in [0.3, 0.4) is 0 Å². The molecule has 8 heteroatoms. The van der Waals surface area contributed by atoms with Crippen LogP contribution in [0.1, 0.15) is 24.2 Å². The van der Waals surface area contributed by atoms with Crippen molar-refractivity contribution in [1.29, 1.82) is 0 Å². The fraction of sp³-hybridized carbons (Fsp3) is 0.478. The van der Waals surface area contributed by atoms with E-state index in [1.54, 1.807) is 7.11 Å². The number of aliphatic hydroxyl groups is 1. The van der Waals surface area contributed by atoms with E-state index in [9.17, 15) is 13.5 Å². The molecule has 0 spiro atoms. The first-order valence-corrected chi connectivity index (χ1v) is 12.5. The number of methoxy groups -OCH3 is 1. The number of hydrogen-bond donors (Lipinski definition) is 1. The van der Waals surface area contributed by atoms with Crippen molar-refractivity contribution in [3.63, 3.8) is 0 Å². The lowest BCUT2D eigenvalue weighted by Crippen LogP contribution is -2.47. The van der Waals surface area contributed by atoms with Crippen molar-refractivity contribution in [3.05, 3.63) is 53.6 Å². The maximum Gasteiger partial charge on any atom is 0.232 e. The Bertz CT molecular complexity index is 1020. The average molecular weight is 446 g/mol. The number of ether oxygens (including phenoxy) is 1. The highest BCUT2D eigenvalue weighted by atomic mass is 32.2. The van der Waals surface area contributed by atoms with Crippen LogP contribution in [0.5, 0.6) is 5.75 Å². The van der Waals surface area contributed by atoms with Crippen LogP contribution in [-0.4, -0.2) is 70.6 Å². The van der Waals surface area contributed by atoms with Crippen LogP contribution in [0.4, 0.5) is 11.4 Å². The van der Waals surface area contributed by atoms with Crippen LogP contribution in [0.25, 0.3) is 0 Å². The number of sulfonamides is 1. The number of nitrogens with zero attached hydrogens (tertiary/aromatic N) is 3. The monoisotopic (exact) mass is 445 g/mol. The third-order valence-electron chi connectivity index (χ3n) is 6.24. The van der Waals surface area contributed by atoms with Gasteiger partial charge >= 0.3 is 0 Å². The molecule has 2 aromatic carbocycles. The van der Waals surface area contributed by atoms with E-state index in [1.165, 1.54) is 16.2 Å². The van der Waals surface area contributed by atoms with Crippen LogP contribution in [0.15, 0.2) is 42.5 Å². The Labute approximate surface area is 184 Å². The second kappa shape index (κ2) is 8.68. The maximum absolute atomic E-state index is 12.1. The van der Waals surface area contributed by atoms with E-state index < -0.39 is 16.1 Å². The third-order valence-corrected chi connectivity index (χ3v) is 7.51. The van der Waals surface area contributed by atoms with Crippen molar-refractivity contribution < 1.29 is 18.3 Å². The van der Waals surface area contributed by atoms with E-state index >= 15 is 0 Å². The summed E-state index contributed by atoms with van der Waals surface area (Å²) in [7, 11) is -1.63. The van der Waals surface area contributed by atoms with Gasteiger partial charge in [-0.05, 0) is 54.8 Å². The molecule has 2 atom stereocenters. The van der Waals surface area contributed by atoms with E-state index in [2.05, 4.69) is 21.9 Å². The Kier molecular flexibility index (Phi) is 6.14. The number of piperazine rings is 1. The summed E-state index contributed by atoms with van der Waals surface area (Å²) in [6.45, 7) is 6.06. The zero-order valence-corrected chi connectivity index (χ0v) is 19.2. The van der Waals surface area contributed by atoms with Gasteiger partial charge in [0.2, 0.25) is 10.0 Å². The highest BCUT2D eigenvalue weighted by Gasteiger charge is 2.33. The first kappa shape index (κ1) is 21.9. The molecule has 0 aromatic heterocycles. The van der Waals surface area contributed by atoms with Crippen molar-refractivity contribution in [2.45, 2.75) is 25.5 Å². The van der Waals surface area contributed by atoms with Gasteiger partial charge in [0.25, 0.3) is 0 Å². The Morgan fingerprint density at radius 3 is 2.39 bits per heavy atom. The summed E-state index contributed by atoms with van der Waals surface area (Å²) in [6.07, 6.45) is 1.32.